The fourth-order valence-corrected chi connectivity index (χ4v) is 2.67. The molecule has 0 saturated heterocycles. The molecule has 0 aliphatic heterocycles. The molecular formula is C19H20Cl2N2O3. The Morgan fingerprint density at radius 3 is 2.62 bits per heavy atom. The summed E-state index contributed by atoms with van der Waals surface area (Å²) in [4.78, 5) is 25.0. The summed E-state index contributed by atoms with van der Waals surface area (Å²) in [6, 6.07) is 12.1. The van der Waals surface area contributed by atoms with E-state index in [1.165, 1.54) is 11.8 Å². The monoisotopic (exact) mass is 394 g/mol. The zero-order valence-corrected chi connectivity index (χ0v) is 16.1. The van der Waals surface area contributed by atoms with Crippen LogP contribution < -0.4 is 15.0 Å². The predicted molar refractivity (Wildman–Crippen MR) is 105 cm³/mol. The number of hydrogen-bond donors (Lipinski definition) is 1. The molecule has 0 bridgehead atoms. The number of benzene rings is 2. The third-order valence-electron chi connectivity index (χ3n) is 3.69. The Bertz CT molecular complexity index is 796. The Labute approximate surface area is 162 Å². The largest absolute Gasteiger partial charge is 0.492 e. The van der Waals surface area contributed by atoms with Crippen molar-refractivity contribution >= 4 is 46.4 Å². The van der Waals surface area contributed by atoms with Crippen LogP contribution in [-0.2, 0) is 9.59 Å². The molecular weight excluding hydrogens is 375 g/mol. The number of hydrogen-bond acceptors (Lipinski definition) is 3. The topological polar surface area (TPSA) is 58.6 Å². The van der Waals surface area contributed by atoms with Crippen molar-refractivity contribution in [2.75, 3.05) is 23.9 Å². The van der Waals surface area contributed by atoms with Gasteiger partial charge in [-0.15, -0.1) is 0 Å². The van der Waals surface area contributed by atoms with Crippen LogP contribution >= 0.6 is 23.2 Å². The van der Waals surface area contributed by atoms with Gasteiger partial charge in [0.25, 0.3) is 0 Å². The molecule has 0 aliphatic rings. The van der Waals surface area contributed by atoms with Crippen LogP contribution in [0.2, 0.25) is 10.0 Å². The smallest absolute Gasteiger partial charge is 0.224 e. The Kier molecular flexibility index (Phi) is 7.30. The van der Waals surface area contributed by atoms with E-state index in [4.69, 9.17) is 27.9 Å². The van der Waals surface area contributed by atoms with Crippen LogP contribution in [0.5, 0.6) is 5.75 Å². The van der Waals surface area contributed by atoms with Gasteiger partial charge in [-0.1, -0.05) is 29.3 Å². The molecule has 0 aliphatic carbocycles. The highest BCUT2D eigenvalue weighted by Crippen LogP contribution is 2.27. The van der Waals surface area contributed by atoms with Crippen LogP contribution in [0.4, 0.5) is 11.4 Å². The van der Waals surface area contributed by atoms with Crippen LogP contribution in [0.25, 0.3) is 0 Å². The Morgan fingerprint density at radius 2 is 1.92 bits per heavy atom. The number of ether oxygens (including phenoxy) is 1. The van der Waals surface area contributed by atoms with Crippen molar-refractivity contribution < 1.29 is 14.3 Å². The standard InChI is InChI=1S/C19H20Cl2N2O3/c1-13(24)23(2)16-6-3-5-15(12-16)22-19(25)7-4-10-26-18-9-8-14(20)11-17(18)21/h3,5-6,8-9,11-12H,4,7,10H2,1-2H3,(H,22,25). The van der Waals surface area contributed by atoms with Gasteiger partial charge in [0.2, 0.25) is 11.8 Å². The summed E-state index contributed by atoms with van der Waals surface area (Å²) in [7, 11) is 1.68. The van der Waals surface area contributed by atoms with Crippen molar-refractivity contribution in [1.29, 1.82) is 0 Å². The van der Waals surface area contributed by atoms with Gasteiger partial charge in [0.05, 0.1) is 11.6 Å². The van der Waals surface area contributed by atoms with Gasteiger partial charge in [-0.05, 0) is 42.8 Å². The van der Waals surface area contributed by atoms with Gasteiger partial charge in [-0.25, -0.2) is 0 Å². The van der Waals surface area contributed by atoms with E-state index in [1.807, 2.05) is 0 Å². The number of halogens is 2. The number of amides is 2. The zero-order chi connectivity index (χ0) is 19.1. The minimum Gasteiger partial charge on any atom is -0.492 e. The molecule has 7 heteroatoms. The second-order valence-electron chi connectivity index (χ2n) is 5.70. The second-order valence-corrected chi connectivity index (χ2v) is 6.55. The molecule has 0 atom stereocenters. The summed E-state index contributed by atoms with van der Waals surface area (Å²) in [5, 5.41) is 3.80. The first-order valence-corrected chi connectivity index (χ1v) is 8.84. The molecule has 0 spiro atoms. The molecule has 138 valence electrons. The third kappa shape index (κ3) is 5.93. The van der Waals surface area contributed by atoms with Gasteiger partial charge in [-0.2, -0.15) is 0 Å². The summed E-state index contributed by atoms with van der Waals surface area (Å²) < 4.78 is 5.55. The molecule has 0 heterocycles. The van der Waals surface area contributed by atoms with E-state index in [0.29, 0.717) is 40.9 Å². The molecule has 2 aromatic rings. The lowest BCUT2D eigenvalue weighted by Crippen LogP contribution is -2.23. The maximum absolute atomic E-state index is 12.1. The number of carbonyl (C=O) groups excluding carboxylic acids is 2. The molecule has 5 nitrogen and oxygen atoms in total. The number of carbonyl (C=O) groups is 2. The van der Waals surface area contributed by atoms with Gasteiger partial charge in [0.15, 0.2) is 0 Å². The molecule has 2 amide bonds. The predicted octanol–water partition coefficient (Wildman–Crippen LogP) is 4.77. The van der Waals surface area contributed by atoms with Crippen LogP contribution in [0.3, 0.4) is 0 Å². The average molecular weight is 395 g/mol. The van der Waals surface area contributed by atoms with E-state index in [1.54, 1.807) is 49.5 Å². The third-order valence-corrected chi connectivity index (χ3v) is 4.22. The highest BCUT2D eigenvalue weighted by molar-refractivity contribution is 6.35. The Balaban J connectivity index is 1.80. The number of nitrogens with one attached hydrogen (secondary N) is 1. The van der Waals surface area contributed by atoms with E-state index in [2.05, 4.69) is 5.32 Å². The van der Waals surface area contributed by atoms with Gasteiger partial charge >= 0.3 is 0 Å². The molecule has 2 rings (SSSR count). The van der Waals surface area contributed by atoms with Crippen molar-refractivity contribution in [2.45, 2.75) is 19.8 Å². The first kappa shape index (κ1) is 20.1. The van der Waals surface area contributed by atoms with Gasteiger partial charge in [0, 0.05) is 36.8 Å². The van der Waals surface area contributed by atoms with Crippen molar-refractivity contribution in [3.05, 3.63) is 52.5 Å². The Morgan fingerprint density at radius 1 is 1.15 bits per heavy atom. The van der Waals surface area contributed by atoms with Gasteiger partial charge in [0.1, 0.15) is 5.75 Å². The summed E-state index contributed by atoms with van der Waals surface area (Å²) in [5.74, 6) is 0.335. The lowest BCUT2D eigenvalue weighted by molar-refractivity contribution is -0.117. The normalized spacial score (nSPS) is 10.3. The molecule has 0 unspecified atom stereocenters. The average Bonchev–Trinajstić information content (AvgIpc) is 2.59. The summed E-state index contributed by atoms with van der Waals surface area (Å²) in [6.45, 7) is 1.85. The summed E-state index contributed by atoms with van der Waals surface area (Å²) in [5.41, 5.74) is 1.36. The van der Waals surface area contributed by atoms with Crippen molar-refractivity contribution in [3.63, 3.8) is 0 Å². The van der Waals surface area contributed by atoms with Crippen LogP contribution in [0.15, 0.2) is 42.5 Å². The summed E-state index contributed by atoms with van der Waals surface area (Å²) in [6.07, 6.45) is 0.843. The van der Waals surface area contributed by atoms with Gasteiger partial charge < -0.3 is 15.0 Å². The van der Waals surface area contributed by atoms with Crippen molar-refractivity contribution in [2.24, 2.45) is 0 Å². The number of nitrogens with zero attached hydrogens (tertiary/aromatic N) is 1. The van der Waals surface area contributed by atoms with Crippen molar-refractivity contribution in [1.82, 2.24) is 0 Å². The van der Waals surface area contributed by atoms with Crippen LogP contribution in [-0.4, -0.2) is 25.5 Å². The number of rotatable bonds is 7. The van der Waals surface area contributed by atoms with E-state index in [0.717, 1.165) is 5.69 Å². The maximum Gasteiger partial charge on any atom is 0.224 e. The summed E-state index contributed by atoms with van der Waals surface area (Å²) >= 11 is 11.9. The lowest BCUT2D eigenvalue weighted by Gasteiger charge is -2.16. The fourth-order valence-electron chi connectivity index (χ4n) is 2.20. The molecule has 0 aromatic heterocycles. The maximum atomic E-state index is 12.1. The fraction of sp³-hybridized carbons (Fsp3) is 0.263. The highest BCUT2D eigenvalue weighted by Gasteiger charge is 2.08. The molecule has 0 radical (unpaired) electrons. The second kappa shape index (κ2) is 9.46. The lowest BCUT2D eigenvalue weighted by atomic mass is 10.2. The quantitative estimate of drug-likeness (QED) is 0.687. The first-order chi connectivity index (χ1) is 12.4. The molecule has 1 N–H and O–H groups in total. The van der Waals surface area contributed by atoms with Gasteiger partial charge in [-0.3, -0.25) is 9.59 Å². The van der Waals surface area contributed by atoms with Crippen LogP contribution in [0.1, 0.15) is 19.8 Å². The SMILES string of the molecule is CC(=O)N(C)c1cccc(NC(=O)CCCOc2ccc(Cl)cc2Cl)c1. The molecule has 26 heavy (non-hydrogen) atoms. The van der Waals surface area contributed by atoms with E-state index in [9.17, 15) is 9.59 Å². The highest BCUT2D eigenvalue weighted by atomic mass is 35.5. The minimum atomic E-state index is -0.126. The Hall–Kier alpha value is -2.24. The molecule has 0 saturated carbocycles. The molecule has 2 aromatic carbocycles. The zero-order valence-electron chi connectivity index (χ0n) is 14.6. The minimum absolute atomic E-state index is 0.0773. The first-order valence-electron chi connectivity index (χ1n) is 8.09. The van der Waals surface area contributed by atoms with E-state index in [-0.39, 0.29) is 11.8 Å². The van der Waals surface area contributed by atoms with E-state index >= 15 is 0 Å². The van der Waals surface area contributed by atoms with Crippen LogP contribution in [0, 0.1) is 0 Å². The van der Waals surface area contributed by atoms with E-state index < -0.39 is 0 Å². The number of anilines is 2. The molecule has 0 fully saturated rings. The van der Waals surface area contributed by atoms with Crippen molar-refractivity contribution in [3.8, 4) is 5.75 Å².